The van der Waals surface area contributed by atoms with Gasteiger partial charge < -0.3 is 15.2 Å². The molecule has 2 heterocycles. The summed E-state index contributed by atoms with van der Waals surface area (Å²) in [6, 6.07) is 8.36. The third-order valence-corrected chi connectivity index (χ3v) is 5.47. The second-order valence-corrected chi connectivity index (χ2v) is 7.29. The van der Waals surface area contributed by atoms with Gasteiger partial charge in [0.1, 0.15) is 11.9 Å². The lowest BCUT2D eigenvalue weighted by atomic mass is 9.86. The summed E-state index contributed by atoms with van der Waals surface area (Å²) in [6.45, 7) is 1.51. The fraction of sp³-hybridized carbons (Fsp3) is 0.647. The first-order chi connectivity index (χ1) is 10.3. The van der Waals surface area contributed by atoms with Gasteiger partial charge in [-0.25, -0.2) is 0 Å². The van der Waals surface area contributed by atoms with Crippen molar-refractivity contribution in [1.29, 1.82) is 0 Å². The van der Waals surface area contributed by atoms with Crippen LogP contribution in [0.25, 0.3) is 0 Å². The van der Waals surface area contributed by atoms with E-state index in [4.69, 9.17) is 15.2 Å². The Morgan fingerprint density at radius 2 is 2.19 bits per heavy atom. The Labute approximate surface area is 131 Å². The van der Waals surface area contributed by atoms with Gasteiger partial charge in [-0.2, -0.15) is 11.8 Å². The Kier molecular flexibility index (Phi) is 5.09. The molecule has 0 aliphatic carbocycles. The van der Waals surface area contributed by atoms with Crippen LogP contribution >= 0.6 is 11.8 Å². The Balaban J connectivity index is 1.63. The molecule has 1 spiro atoms. The van der Waals surface area contributed by atoms with Crippen LogP contribution in [0.15, 0.2) is 24.3 Å². The summed E-state index contributed by atoms with van der Waals surface area (Å²) < 4.78 is 12.4. The van der Waals surface area contributed by atoms with Crippen molar-refractivity contribution in [2.45, 2.75) is 43.8 Å². The minimum atomic E-state index is 0.0863. The predicted octanol–water partition coefficient (Wildman–Crippen LogP) is 3.01. The fourth-order valence-corrected chi connectivity index (χ4v) is 4.55. The van der Waals surface area contributed by atoms with Crippen LogP contribution in [0.2, 0.25) is 0 Å². The molecule has 116 valence electrons. The van der Waals surface area contributed by atoms with Crippen molar-refractivity contribution in [3.05, 3.63) is 29.8 Å². The summed E-state index contributed by atoms with van der Waals surface area (Å²) in [5.41, 5.74) is 6.97. The lowest BCUT2D eigenvalue weighted by Crippen LogP contribution is -2.46. The van der Waals surface area contributed by atoms with E-state index in [1.165, 1.54) is 29.9 Å². The zero-order chi connectivity index (χ0) is 14.5. The van der Waals surface area contributed by atoms with Crippen molar-refractivity contribution in [3.8, 4) is 5.75 Å². The van der Waals surface area contributed by atoms with E-state index < -0.39 is 0 Å². The van der Waals surface area contributed by atoms with E-state index in [1.807, 2.05) is 11.8 Å². The van der Waals surface area contributed by atoms with Crippen molar-refractivity contribution >= 4 is 11.8 Å². The molecule has 21 heavy (non-hydrogen) atoms. The average molecular weight is 307 g/mol. The van der Waals surface area contributed by atoms with Gasteiger partial charge in [-0.05, 0) is 55.0 Å². The van der Waals surface area contributed by atoms with Crippen molar-refractivity contribution in [2.24, 2.45) is 5.73 Å². The first-order valence-corrected chi connectivity index (χ1v) is 9.13. The first kappa shape index (κ1) is 15.2. The molecule has 2 aliphatic rings. The van der Waals surface area contributed by atoms with Crippen LogP contribution in [0.4, 0.5) is 0 Å². The lowest BCUT2D eigenvalue weighted by Gasteiger charge is -2.43. The van der Waals surface area contributed by atoms with Crippen molar-refractivity contribution in [1.82, 2.24) is 0 Å². The van der Waals surface area contributed by atoms with E-state index >= 15 is 0 Å². The number of benzene rings is 1. The highest BCUT2D eigenvalue weighted by molar-refractivity contribution is 7.99. The van der Waals surface area contributed by atoms with Gasteiger partial charge in [-0.3, -0.25) is 0 Å². The third kappa shape index (κ3) is 3.93. The van der Waals surface area contributed by atoms with Gasteiger partial charge in [-0.1, -0.05) is 12.1 Å². The van der Waals surface area contributed by atoms with Crippen LogP contribution in [0.1, 0.15) is 31.2 Å². The van der Waals surface area contributed by atoms with Crippen LogP contribution in [-0.2, 0) is 11.2 Å². The maximum atomic E-state index is 6.24. The summed E-state index contributed by atoms with van der Waals surface area (Å²) >= 11 is 2.04. The molecule has 0 aromatic heterocycles. The standard InChI is InChI=1S/C17H25NO2S/c18-8-4-14-2-1-3-15(12-14)20-16-5-9-19-17(13-16)6-10-21-11-7-17/h1-3,12,16H,4-11,13,18H2. The number of hydrogen-bond donors (Lipinski definition) is 1. The Morgan fingerprint density at radius 1 is 1.33 bits per heavy atom. The molecule has 4 heteroatoms. The zero-order valence-corrected chi connectivity index (χ0v) is 13.4. The Morgan fingerprint density at radius 3 is 3.00 bits per heavy atom. The topological polar surface area (TPSA) is 44.5 Å². The second kappa shape index (κ2) is 7.03. The molecule has 1 atom stereocenters. The van der Waals surface area contributed by atoms with Gasteiger partial charge >= 0.3 is 0 Å². The second-order valence-electron chi connectivity index (χ2n) is 6.06. The predicted molar refractivity (Wildman–Crippen MR) is 88.1 cm³/mol. The largest absolute Gasteiger partial charge is 0.490 e. The highest BCUT2D eigenvalue weighted by atomic mass is 32.2. The molecule has 3 nitrogen and oxygen atoms in total. The molecule has 1 aromatic rings. The summed E-state index contributed by atoms with van der Waals surface area (Å²) in [7, 11) is 0. The maximum absolute atomic E-state index is 6.24. The minimum Gasteiger partial charge on any atom is -0.490 e. The Hall–Kier alpha value is -0.710. The molecular formula is C17H25NO2S. The quantitative estimate of drug-likeness (QED) is 0.929. The van der Waals surface area contributed by atoms with Crippen molar-refractivity contribution in [2.75, 3.05) is 24.7 Å². The van der Waals surface area contributed by atoms with E-state index in [9.17, 15) is 0 Å². The van der Waals surface area contributed by atoms with Crippen LogP contribution in [0, 0.1) is 0 Å². The molecule has 2 saturated heterocycles. The molecule has 0 radical (unpaired) electrons. The zero-order valence-electron chi connectivity index (χ0n) is 12.6. The minimum absolute atomic E-state index is 0.0863. The van der Waals surface area contributed by atoms with E-state index in [1.54, 1.807) is 0 Å². The van der Waals surface area contributed by atoms with Gasteiger partial charge in [0.2, 0.25) is 0 Å². The highest BCUT2D eigenvalue weighted by Crippen LogP contribution is 2.38. The molecule has 2 N–H and O–H groups in total. The van der Waals surface area contributed by atoms with E-state index in [0.29, 0.717) is 6.54 Å². The fourth-order valence-electron chi connectivity index (χ4n) is 3.31. The first-order valence-electron chi connectivity index (χ1n) is 7.97. The van der Waals surface area contributed by atoms with Gasteiger partial charge in [0, 0.05) is 12.8 Å². The van der Waals surface area contributed by atoms with Crippen molar-refractivity contribution in [3.63, 3.8) is 0 Å². The van der Waals surface area contributed by atoms with Crippen molar-refractivity contribution < 1.29 is 9.47 Å². The lowest BCUT2D eigenvalue weighted by molar-refractivity contribution is -0.116. The smallest absolute Gasteiger partial charge is 0.119 e. The number of rotatable bonds is 4. The summed E-state index contributed by atoms with van der Waals surface area (Å²) in [6.07, 6.45) is 5.57. The van der Waals surface area contributed by atoms with Gasteiger partial charge in [0.05, 0.1) is 12.2 Å². The SMILES string of the molecule is NCCc1cccc(OC2CCOC3(CCSCC3)C2)c1. The molecule has 2 aliphatic heterocycles. The Bertz CT molecular complexity index is 454. The number of hydrogen-bond acceptors (Lipinski definition) is 4. The number of thioether (sulfide) groups is 1. The molecular weight excluding hydrogens is 282 g/mol. The summed E-state index contributed by atoms with van der Waals surface area (Å²) in [4.78, 5) is 0. The maximum Gasteiger partial charge on any atom is 0.119 e. The van der Waals surface area contributed by atoms with Crippen LogP contribution < -0.4 is 10.5 Å². The van der Waals surface area contributed by atoms with Gasteiger partial charge in [0.15, 0.2) is 0 Å². The van der Waals surface area contributed by atoms with Crippen LogP contribution in [0.5, 0.6) is 5.75 Å². The normalized spacial score (nSPS) is 24.9. The molecule has 0 bridgehead atoms. The molecule has 0 amide bonds. The van der Waals surface area contributed by atoms with Crippen LogP contribution in [0.3, 0.4) is 0 Å². The summed E-state index contributed by atoms with van der Waals surface area (Å²) in [5, 5.41) is 0. The molecule has 1 unspecified atom stereocenters. The number of nitrogens with two attached hydrogens (primary N) is 1. The monoisotopic (exact) mass is 307 g/mol. The molecule has 3 rings (SSSR count). The van der Waals surface area contributed by atoms with E-state index in [-0.39, 0.29) is 11.7 Å². The molecule has 2 fully saturated rings. The highest BCUT2D eigenvalue weighted by Gasteiger charge is 2.39. The van der Waals surface area contributed by atoms with Crippen LogP contribution in [-0.4, -0.2) is 36.4 Å². The summed E-state index contributed by atoms with van der Waals surface area (Å²) in [5.74, 6) is 3.42. The van der Waals surface area contributed by atoms with E-state index in [2.05, 4.69) is 24.3 Å². The number of ether oxygens (including phenoxy) is 2. The van der Waals surface area contributed by atoms with E-state index in [0.717, 1.165) is 31.6 Å². The van der Waals surface area contributed by atoms with Gasteiger partial charge in [0.25, 0.3) is 0 Å². The average Bonchev–Trinajstić information content (AvgIpc) is 2.49. The molecule has 0 saturated carbocycles. The van der Waals surface area contributed by atoms with Gasteiger partial charge in [-0.15, -0.1) is 0 Å². The molecule has 1 aromatic carbocycles. The third-order valence-electron chi connectivity index (χ3n) is 4.49.